The van der Waals surface area contributed by atoms with E-state index in [9.17, 15) is 14.7 Å². The maximum Gasteiger partial charge on any atom is 0.271 e. The minimum Gasteiger partial charge on any atom is -0.504 e. The van der Waals surface area contributed by atoms with E-state index in [1.165, 1.54) is 13.3 Å². The predicted molar refractivity (Wildman–Crippen MR) is 116 cm³/mol. The molecular formula is C22H18ClN3O4. The molecule has 0 saturated heterocycles. The number of para-hydroxylation sites is 1. The Balaban J connectivity index is 1.61. The number of hydrazone groups is 1. The van der Waals surface area contributed by atoms with E-state index in [1.807, 2.05) is 0 Å². The summed E-state index contributed by atoms with van der Waals surface area (Å²) >= 11 is 6.02. The van der Waals surface area contributed by atoms with Gasteiger partial charge in [-0.05, 0) is 48.5 Å². The van der Waals surface area contributed by atoms with Gasteiger partial charge in [-0.2, -0.15) is 5.10 Å². The second kappa shape index (κ2) is 9.58. The Morgan fingerprint density at radius 1 is 1.00 bits per heavy atom. The lowest BCUT2D eigenvalue weighted by Crippen LogP contribution is -2.18. The third-order valence-corrected chi connectivity index (χ3v) is 4.47. The van der Waals surface area contributed by atoms with Crippen molar-refractivity contribution in [3.05, 3.63) is 88.4 Å². The van der Waals surface area contributed by atoms with Gasteiger partial charge in [-0.15, -0.1) is 0 Å². The molecule has 0 saturated carbocycles. The SMILES string of the molecule is COc1cccc(/C=N/NC(=O)c2ccc(NC(=O)c3ccccc3Cl)cc2)c1O. The number of nitrogens with one attached hydrogen (secondary N) is 2. The molecule has 0 unspecified atom stereocenters. The van der Waals surface area contributed by atoms with Crippen LogP contribution in [0.1, 0.15) is 26.3 Å². The van der Waals surface area contributed by atoms with Crippen LogP contribution in [0, 0.1) is 0 Å². The highest BCUT2D eigenvalue weighted by atomic mass is 35.5. The van der Waals surface area contributed by atoms with E-state index >= 15 is 0 Å². The zero-order chi connectivity index (χ0) is 21.5. The van der Waals surface area contributed by atoms with Crippen molar-refractivity contribution < 1.29 is 19.4 Å². The summed E-state index contributed by atoms with van der Waals surface area (Å²) in [5, 5.41) is 16.9. The van der Waals surface area contributed by atoms with Crippen molar-refractivity contribution in [1.29, 1.82) is 0 Å². The second-order valence-electron chi connectivity index (χ2n) is 6.11. The first-order valence-electron chi connectivity index (χ1n) is 8.85. The Bertz CT molecular complexity index is 1100. The van der Waals surface area contributed by atoms with Gasteiger partial charge in [0.05, 0.1) is 23.9 Å². The second-order valence-corrected chi connectivity index (χ2v) is 6.52. The van der Waals surface area contributed by atoms with Gasteiger partial charge in [0, 0.05) is 16.8 Å². The zero-order valence-corrected chi connectivity index (χ0v) is 16.7. The van der Waals surface area contributed by atoms with E-state index in [4.69, 9.17) is 16.3 Å². The van der Waals surface area contributed by atoms with Crippen LogP contribution >= 0.6 is 11.6 Å². The molecule has 0 aliphatic carbocycles. The van der Waals surface area contributed by atoms with Crippen LogP contribution in [0.25, 0.3) is 0 Å². The molecule has 0 heterocycles. The van der Waals surface area contributed by atoms with Crippen molar-refractivity contribution in [3.8, 4) is 11.5 Å². The number of hydrogen-bond donors (Lipinski definition) is 3. The molecule has 0 aromatic heterocycles. The summed E-state index contributed by atoms with van der Waals surface area (Å²) in [6.45, 7) is 0. The van der Waals surface area contributed by atoms with Crippen LogP contribution in [-0.4, -0.2) is 30.2 Å². The fraction of sp³-hybridized carbons (Fsp3) is 0.0455. The first-order chi connectivity index (χ1) is 14.5. The number of aromatic hydroxyl groups is 1. The smallest absolute Gasteiger partial charge is 0.271 e. The molecule has 0 aliphatic heterocycles. The van der Waals surface area contributed by atoms with Crippen LogP contribution in [0.3, 0.4) is 0 Å². The number of carbonyl (C=O) groups excluding carboxylic acids is 2. The molecule has 0 spiro atoms. The number of nitrogens with zero attached hydrogens (tertiary/aromatic N) is 1. The minimum absolute atomic E-state index is 0.0726. The molecule has 152 valence electrons. The van der Waals surface area contributed by atoms with Gasteiger partial charge in [0.1, 0.15) is 0 Å². The summed E-state index contributed by atoms with van der Waals surface area (Å²) in [4.78, 5) is 24.5. The lowest BCUT2D eigenvalue weighted by molar-refractivity contribution is 0.0954. The number of amides is 2. The third-order valence-electron chi connectivity index (χ3n) is 4.14. The van der Waals surface area contributed by atoms with E-state index < -0.39 is 5.91 Å². The van der Waals surface area contributed by atoms with Crippen LogP contribution in [0.4, 0.5) is 5.69 Å². The van der Waals surface area contributed by atoms with E-state index in [1.54, 1.807) is 66.7 Å². The Labute approximate surface area is 178 Å². The molecule has 0 atom stereocenters. The number of methoxy groups -OCH3 is 1. The molecule has 3 rings (SSSR count). The molecule has 0 radical (unpaired) electrons. The van der Waals surface area contributed by atoms with Crippen LogP contribution < -0.4 is 15.5 Å². The number of phenolic OH excluding ortho intramolecular Hbond substituents is 1. The largest absolute Gasteiger partial charge is 0.504 e. The Hall–Kier alpha value is -3.84. The van der Waals surface area contributed by atoms with Gasteiger partial charge in [0.25, 0.3) is 11.8 Å². The number of hydrogen-bond acceptors (Lipinski definition) is 5. The van der Waals surface area contributed by atoms with Gasteiger partial charge in [-0.3, -0.25) is 9.59 Å². The Morgan fingerprint density at radius 3 is 2.43 bits per heavy atom. The van der Waals surface area contributed by atoms with Crippen molar-refractivity contribution >= 4 is 35.3 Å². The van der Waals surface area contributed by atoms with E-state index in [-0.39, 0.29) is 11.7 Å². The molecular weight excluding hydrogens is 406 g/mol. The quantitative estimate of drug-likeness (QED) is 0.411. The fourth-order valence-corrected chi connectivity index (χ4v) is 2.80. The molecule has 30 heavy (non-hydrogen) atoms. The molecule has 0 bridgehead atoms. The van der Waals surface area contributed by atoms with Gasteiger partial charge >= 0.3 is 0 Å². The average molecular weight is 424 g/mol. The third kappa shape index (κ3) is 4.95. The van der Waals surface area contributed by atoms with Crippen LogP contribution in [0.2, 0.25) is 5.02 Å². The summed E-state index contributed by atoms with van der Waals surface area (Å²) in [6.07, 6.45) is 1.31. The van der Waals surface area contributed by atoms with Gasteiger partial charge in [-0.1, -0.05) is 29.8 Å². The predicted octanol–water partition coefficient (Wildman–Crippen LogP) is 4.07. The Morgan fingerprint density at radius 2 is 1.73 bits per heavy atom. The number of anilines is 1. The molecule has 3 N–H and O–H groups in total. The number of benzene rings is 3. The molecule has 8 heteroatoms. The topological polar surface area (TPSA) is 100 Å². The van der Waals surface area contributed by atoms with Crippen LogP contribution in [0.15, 0.2) is 71.8 Å². The average Bonchev–Trinajstić information content (AvgIpc) is 2.75. The van der Waals surface area contributed by atoms with Crippen molar-refractivity contribution in [2.24, 2.45) is 5.10 Å². The van der Waals surface area contributed by atoms with Crippen LogP contribution in [0.5, 0.6) is 11.5 Å². The van der Waals surface area contributed by atoms with Crippen molar-refractivity contribution in [1.82, 2.24) is 5.43 Å². The summed E-state index contributed by atoms with van der Waals surface area (Å²) < 4.78 is 5.02. The molecule has 3 aromatic carbocycles. The summed E-state index contributed by atoms with van der Waals surface area (Å²) in [5.74, 6) is -0.561. The summed E-state index contributed by atoms with van der Waals surface area (Å²) in [5.41, 5.74) is 3.99. The van der Waals surface area contributed by atoms with Crippen molar-refractivity contribution in [2.45, 2.75) is 0 Å². The number of halogens is 1. The molecule has 0 fully saturated rings. The first-order valence-corrected chi connectivity index (χ1v) is 9.22. The maximum absolute atomic E-state index is 12.3. The zero-order valence-electron chi connectivity index (χ0n) is 15.9. The normalized spacial score (nSPS) is 10.6. The van der Waals surface area contributed by atoms with Gasteiger partial charge in [0.2, 0.25) is 0 Å². The van der Waals surface area contributed by atoms with Gasteiger partial charge in [0.15, 0.2) is 11.5 Å². The number of phenols is 1. The monoisotopic (exact) mass is 423 g/mol. The molecule has 0 aliphatic rings. The van der Waals surface area contributed by atoms with Crippen LogP contribution in [-0.2, 0) is 0 Å². The van der Waals surface area contributed by atoms with E-state index in [0.717, 1.165) is 0 Å². The van der Waals surface area contributed by atoms with Crippen molar-refractivity contribution in [3.63, 3.8) is 0 Å². The standard InChI is InChI=1S/C22H18ClN3O4/c1-30-19-8-4-5-15(20(19)27)13-24-26-21(28)14-9-11-16(12-10-14)25-22(29)17-6-2-3-7-18(17)23/h2-13,27H,1H3,(H,25,29)(H,26,28)/b24-13+. The fourth-order valence-electron chi connectivity index (χ4n) is 2.58. The Kier molecular flexibility index (Phi) is 6.67. The number of ether oxygens (including phenoxy) is 1. The lowest BCUT2D eigenvalue weighted by Gasteiger charge is -2.07. The highest BCUT2D eigenvalue weighted by molar-refractivity contribution is 6.34. The lowest BCUT2D eigenvalue weighted by atomic mass is 10.1. The molecule has 2 amide bonds. The highest BCUT2D eigenvalue weighted by Gasteiger charge is 2.11. The van der Waals surface area contributed by atoms with E-state index in [0.29, 0.717) is 33.1 Å². The highest BCUT2D eigenvalue weighted by Crippen LogP contribution is 2.27. The summed E-state index contributed by atoms with van der Waals surface area (Å²) in [7, 11) is 1.44. The molecule has 7 nitrogen and oxygen atoms in total. The first kappa shape index (κ1) is 20.9. The maximum atomic E-state index is 12.3. The van der Waals surface area contributed by atoms with Gasteiger partial charge in [-0.25, -0.2) is 5.43 Å². The summed E-state index contributed by atoms with van der Waals surface area (Å²) in [6, 6.07) is 17.9. The van der Waals surface area contributed by atoms with Crippen molar-refractivity contribution in [2.75, 3.05) is 12.4 Å². The minimum atomic E-state index is -0.447. The van der Waals surface area contributed by atoms with Gasteiger partial charge < -0.3 is 15.2 Å². The molecule has 3 aromatic rings. The number of rotatable bonds is 6. The van der Waals surface area contributed by atoms with E-state index in [2.05, 4.69) is 15.8 Å². The number of carbonyl (C=O) groups is 2.